The minimum atomic E-state index is -0.470. The molecular weight excluding hydrogens is 502 g/mol. The molecule has 0 aliphatic carbocycles. The second-order valence-corrected chi connectivity index (χ2v) is 11.2. The van der Waals surface area contributed by atoms with Crippen molar-refractivity contribution in [1.29, 1.82) is 0 Å². The highest BCUT2D eigenvalue weighted by atomic mass is 16.3. The highest BCUT2D eigenvalue weighted by Crippen LogP contribution is 2.41. The molecular formula is C37H39N3O. The van der Waals surface area contributed by atoms with Gasteiger partial charge in [-0.3, -0.25) is 9.80 Å². The van der Waals surface area contributed by atoms with Gasteiger partial charge >= 0.3 is 0 Å². The van der Waals surface area contributed by atoms with Gasteiger partial charge in [0.2, 0.25) is 0 Å². The van der Waals surface area contributed by atoms with Crippen LogP contribution in [0.3, 0.4) is 0 Å². The fourth-order valence-electron chi connectivity index (χ4n) is 6.07. The number of β-amino-alcohol motifs (C(OH)–C–C–N with tert-alkyl or cyclic N) is 1. The van der Waals surface area contributed by atoms with E-state index < -0.39 is 6.10 Å². The SMILES string of the molecule is Cc1ccc2c(c1)c(-c1ccccc1)c(-c1ccccc1)n2C[C@H](O)CN1CCN(C/C=C/c2ccccc2)CC1. The number of aliphatic hydroxyl groups is 1. The fraction of sp³-hybridized carbons (Fsp3) is 0.243. The summed E-state index contributed by atoms with van der Waals surface area (Å²) in [7, 11) is 0. The first kappa shape index (κ1) is 27.2. The van der Waals surface area contributed by atoms with E-state index in [0.29, 0.717) is 13.1 Å². The van der Waals surface area contributed by atoms with Crippen molar-refractivity contribution in [2.24, 2.45) is 0 Å². The third-order valence-electron chi connectivity index (χ3n) is 8.13. The lowest BCUT2D eigenvalue weighted by atomic mass is 9.98. The first-order valence-electron chi connectivity index (χ1n) is 14.7. The van der Waals surface area contributed by atoms with Gasteiger partial charge in [-0.05, 0) is 35.7 Å². The van der Waals surface area contributed by atoms with Gasteiger partial charge in [-0.1, -0.05) is 115 Å². The summed E-state index contributed by atoms with van der Waals surface area (Å²) in [6, 6.07) is 38.5. The van der Waals surface area contributed by atoms with Gasteiger partial charge < -0.3 is 9.67 Å². The summed E-state index contributed by atoms with van der Waals surface area (Å²) in [4.78, 5) is 4.90. The third-order valence-corrected chi connectivity index (χ3v) is 8.13. The Labute approximate surface area is 243 Å². The minimum Gasteiger partial charge on any atom is -0.390 e. The fourth-order valence-corrected chi connectivity index (χ4v) is 6.07. The van der Waals surface area contributed by atoms with E-state index >= 15 is 0 Å². The van der Waals surface area contributed by atoms with Gasteiger partial charge in [-0.2, -0.15) is 0 Å². The van der Waals surface area contributed by atoms with E-state index in [2.05, 4.69) is 143 Å². The Morgan fingerprint density at radius 3 is 2.00 bits per heavy atom. The van der Waals surface area contributed by atoms with Crippen molar-refractivity contribution in [3.05, 3.63) is 126 Å². The monoisotopic (exact) mass is 541 g/mol. The number of hydrogen-bond donors (Lipinski definition) is 1. The molecule has 0 unspecified atom stereocenters. The van der Waals surface area contributed by atoms with Crippen molar-refractivity contribution in [3.63, 3.8) is 0 Å². The van der Waals surface area contributed by atoms with Crippen LogP contribution < -0.4 is 0 Å². The van der Waals surface area contributed by atoms with Gasteiger partial charge in [0, 0.05) is 55.7 Å². The Morgan fingerprint density at radius 1 is 0.707 bits per heavy atom. The standard InChI is InChI=1S/C37H39N3O/c1-29-19-20-35-34(26-29)36(31-15-7-3-8-16-31)37(32-17-9-4-10-18-32)40(35)28-33(41)27-39-24-22-38(23-25-39)21-11-14-30-12-5-2-6-13-30/h2-20,26,33,41H,21-25,27-28H2,1H3/b14-11+/t33-/m1/s1. The molecule has 4 heteroatoms. The van der Waals surface area contributed by atoms with Crippen LogP contribution in [-0.4, -0.2) is 64.8 Å². The molecule has 0 spiro atoms. The van der Waals surface area contributed by atoms with E-state index in [4.69, 9.17) is 0 Å². The molecule has 6 rings (SSSR count). The number of piperazine rings is 1. The molecule has 1 fully saturated rings. The normalized spacial score (nSPS) is 15.6. The zero-order chi connectivity index (χ0) is 28.0. The summed E-state index contributed by atoms with van der Waals surface area (Å²) >= 11 is 0. The molecule has 1 N–H and O–H groups in total. The average molecular weight is 542 g/mol. The second-order valence-electron chi connectivity index (χ2n) is 11.2. The van der Waals surface area contributed by atoms with Crippen LogP contribution in [0.4, 0.5) is 0 Å². The Balaban J connectivity index is 1.20. The summed E-state index contributed by atoms with van der Waals surface area (Å²) in [5, 5.41) is 12.7. The van der Waals surface area contributed by atoms with E-state index in [1.807, 2.05) is 0 Å². The zero-order valence-corrected chi connectivity index (χ0v) is 23.9. The van der Waals surface area contributed by atoms with Crippen LogP contribution >= 0.6 is 0 Å². The van der Waals surface area contributed by atoms with E-state index in [-0.39, 0.29) is 0 Å². The summed E-state index contributed by atoms with van der Waals surface area (Å²) in [5.74, 6) is 0. The Morgan fingerprint density at radius 2 is 1.32 bits per heavy atom. The van der Waals surface area contributed by atoms with Gasteiger partial charge in [0.1, 0.15) is 0 Å². The quantitative estimate of drug-likeness (QED) is 0.219. The summed E-state index contributed by atoms with van der Waals surface area (Å²) in [6.45, 7) is 8.33. The van der Waals surface area contributed by atoms with Crippen LogP contribution in [0.5, 0.6) is 0 Å². The highest BCUT2D eigenvalue weighted by molar-refractivity contribution is 6.04. The predicted molar refractivity (Wildman–Crippen MR) is 172 cm³/mol. The first-order valence-corrected chi connectivity index (χ1v) is 14.7. The Hall–Kier alpha value is -3.96. The van der Waals surface area contributed by atoms with Crippen molar-refractivity contribution in [1.82, 2.24) is 14.4 Å². The van der Waals surface area contributed by atoms with Gasteiger partial charge in [0.25, 0.3) is 0 Å². The van der Waals surface area contributed by atoms with Crippen LogP contribution in [-0.2, 0) is 6.54 Å². The third kappa shape index (κ3) is 6.36. The van der Waals surface area contributed by atoms with Crippen LogP contribution in [0, 0.1) is 6.92 Å². The van der Waals surface area contributed by atoms with Crippen molar-refractivity contribution in [2.75, 3.05) is 39.3 Å². The maximum Gasteiger partial charge on any atom is 0.0845 e. The number of nitrogens with zero attached hydrogens (tertiary/aromatic N) is 3. The molecule has 4 aromatic carbocycles. The molecule has 1 aromatic heterocycles. The maximum absolute atomic E-state index is 11.5. The van der Waals surface area contributed by atoms with Crippen molar-refractivity contribution >= 4 is 17.0 Å². The number of benzene rings is 4. The highest BCUT2D eigenvalue weighted by Gasteiger charge is 2.24. The summed E-state index contributed by atoms with van der Waals surface area (Å²) in [5.41, 5.74) is 8.43. The maximum atomic E-state index is 11.5. The van der Waals surface area contributed by atoms with Crippen molar-refractivity contribution in [2.45, 2.75) is 19.6 Å². The molecule has 1 aliphatic rings. The number of fused-ring (bicyclic) bond motifs is 1. The molecule has 1 atom stereocenters. The minimum absolute atomic E-state index is 0.470. The lowest BCUT2D eigenvalue weighted by molar-refractivity contribution is 0.0684. The molecule has 2 heterocycles. The van der Waals surface area contributed by atoms with Crippen LogP contribution in [0.1, 0.15) is 11.1 Å². The number of hydrogen-bond acceptors (Lipinski definition) is 3. The van der Waals surface area contributed by atoms with Crippen LogP contribution in [0.2, 0.25) is 0 Å². The molecule has 4 nitrogen and oxygen atoms in total. The summed E-state index contributed by atoms with van der Waals surface area (Å²) < 4.78 is 2.35. The molecule has 0 bridgehead atoms. The molecule has 208 valence electrons. The van der Waals surface area contributed by atoms with Crippen molar-refractivity contribution in [3.8, 4) is 22.4 Å². The lowest BCUT2D eigenvalue weighted by Crippen LogP contribution is -2.48. The molecule has 0 radical (unpaired) electrons. The van der Waals surface area contributed by atoms with Crippen molar-refractivity contribution < 1.29 is 5.11 Å². The largest absolute Gasteiger partial charge is 0.390 e. The van der Waals surface area contributed by atoms with Gasteiger partial charge in [-0.15, -0.1) is 0 Å². The molecule has 0 saturated carbocycles. The Bertz CT molecular complexity index is 1580. The number of aromatic nitrogens is 1. The van der Waals surface area contributed by atoms with E-state index in [1.165, 1.54) is 44.4 Å². The number of rotatable bonds is 9. The molecule has 41 heavy (non-hydrogen) atoms. The van der Waals surface area contributed by atoms with Gasteiger partial charge in [0.15, 0.2) is 0 Å². The van der Waals surface area contributed by atoms with Crippen LogP contribution in [0.25, 0.3) is 39.4 Å². The molecule has 0 amide bonds. The molecule has 1 saturated heterocycles. The predicted octanol–water partition coefficient (Wildman–Crippen LogP) is 6.98. The number of aliphatic hydroxyl groups excluding tert-OH is 1. The molecule has 5 aromatic rings. The first-order chi connectivity index (χ1) is 20.2. The zero-order valence-electron chi connectivity index (χ0n) is 23.9. The second kappa shape index (κ2) is 12.7. The topological polar surface area (TPSA) is 31.6 Å². The lowest BCUT2D eigenvalue weighted by Gasteiger charge is -2.35. The smallest absolute Gasteiger partial charge is 0.0845 e. The van der Waals surface area contributed by atoms with Crippen LogP contribution in [0.15, 0.2) is 115 Å². The number of aryl methyl sites for hydroxylation is 1. The Kier molecular flexibility index (Phi) is 8.43. The van der Waals surface area contributed by atoms with E-state index in [0.717, 1.165) is 32.7 Å². The van der Waals surface area contributed by atoms with E-state index in [9.17, 15) is 5.11 Å². The van der Waals surface area contributed by atoms with Gasteiger partial charge in [0.05, 0.1) is 18.3 Å². The summed E-state index contributed by atoms with van der Waals surface area (Å²) in [6.07, 6.45) is 3.99. The van der Waals surface area contributed by atoms with E-state index in [1.54, 1.807) is 0 Å². The molecule has 1 aliphatic heterocycles. The van der Waals surface area contributed by atoms with Gasteiger partial charge in [-0.25, -0.2) is 0 Å². The average Bonchev–Trinajstić information content (AvgIpc) is 3.32.